The van der Waals surface area contributed by atoms with Crippen LogP contribution in [-0.2, 0) is 23.2 Å². The molecule has 6 nitrogen and oxygen atoms in total. The summed E-state index contributed by atoms with van der Waals surface area (Å²) in [6.07, 6.45) is 8.65. The summed E-state index contributed by atoms with van der Waals surface area (Å²) in [5.41, 5.74) is 11.2. The maximum absolute atomic E-state index is 11.6. The van der Waals surface area contributed by atoms with E-state index in [1.807, 2.05) is 20.2 Å². The molecule has 1 aliphatic carbocycles. The summed E-state index contributed by atoms with van der Waals surface area (Å²) >= 11 is 0. The Kier molecular flexibility index (Phi) is 12.8. The summed E-state index contributed by atoms with van der Waals surface area (Å²) in [6, 6.07) is 32.3. The molecule has 0 fully saturated rings. The van der Waals surface area contributed by atoms with Crippen molar-refractivity contribution in [2.75, 3.05) is 37.0 Å². The third kappa shape index (κ3) is 9.24. The number of aryl methyl sites for hydroxylation is 1. The molecule has 0 saturated heterocycles. The van der Waals surface area contributed by atoms with Crippen LogP contribution in [0.5, 0.6) is 0 Å². The molecule has 0 amide bonds. The SMILES string of the molecule is CCN(Cc1cccc(C)c1)c1ccc(C(=C2C=CC(=[N+](C)C)C=C2)c2ccc(N(CC)Cc3cccc(S(=O)(=O)[O-])c3)cc2)cc1.[Na+]. The third-order valence-corrected chi connectivity index (χ3v) is 9.33. The molecule has 0 atom stereocenters. The zero-order chi connectivity index (χ0) is 33.6. The molecule has 0 spiro atoms. The van der Waals surface area contributed by atoms with Crippen LogP contribution in [0.25, 0.3) is 5.57 Å². The maximum atomic E-state index is 11.6. The molecule has 48 heavy (non-hydrogen) atoms. The second kappa shape index (κ2) is 16.6. The Balaban J connectivity index is 0.00000520. The van der Waals surface area contributed by atoms with E-state index in [4.69, 9.17) is 0 Å². The van der Waals surface area contributed by atoms with Crippen LogP contribution in [0.2, 0.25) is 0 Å². The molecule has 0 heterocycles. The molecule has 4 aromatic rings. The Morgan fingerprint density at radius 1 is 0.688 bits per heavy atom. The normalized spacial score (nSPS) is 12.5. The van der Waals surface area contributed by atoms with Gasteiger partial charge in [-0.2, -0.15) is 0 Å². The largest absolute Gasteiger partial charge is 1.00 e. The van der Waals surface area contributed by atoms with Crippen molar-refractivity contribution < 1.29 is 47.1 Å². The zero-order valence-corrected chi connectivity index (χ0v) is 31.7. The number of rotatable bonds is 11. The van der Waals surface area contributed by atoms with Crippen LogP contribution < -0.4 is 39.4 Å². The van der Waals surface area contributed by atoms with E-state index >= 15 is 0 Å². The first kappa shape index (κ1) is 37.1. The van der Waals surface area contributed by atoms with Crippen LogP contribution in [-0.4, -0.2) is 50.4 Å². The second-order valence-electron chi connectivity index (χ2n) is 12.0. The summed E-state index contributed by atoms with van der Waals surface area (Å²) in [5, 5.41) is 0. The summed E-state index contributed by atoms with van der Waals surface area (Å²) in [5.74, 6) is 0. The van der Waals surface area contributed by atoms with Crippen LogP contribution in [0.4, 0.5) is 11.4 Å². The van der Waals surface area contributed by atoms with E-state index in [0.717, 1.165) is 52.3 Å². The second-order valence-corrected chi connectivity index (χ2v) is 13.4. The molecular weight excluding hydrogens is 626 g/mol. The van der Waals surface area contributed by atoms with E-state index in [0.29, 0.717) is 13.1 Å². The fourth-order valence-corrected chi connectivity index (χ4v) is 6.47. The summed E-state index contributed by atoms with van der Waals surface area (Å²) in [4.78, 5) is 4.35. The molecule has 1 aliphatic rings. The van der Waals surface area contributed by atoms with Gasteiger partial charge in [0.1, 0.15) is 24.2 Å². The molecule has 0 unspecified atom stereocenters. The molecule has 242 valence electrons. The van der Waals surface area contributed by atoms with E-state index in [1.54, 1.807) is 6.07 Å². The van der Waals surface area contributed by atoms with Gasteiger partial charge in [0.05, 0.1) is 4.90 Å². The van der Waals surface area contributed by atoms with Gasteiger partial charge in [-0.3, -0.25) is 0 Å². The van der Waals surface area contributed by atoms with Gasteiger partial charge in [-0.1, -0.05) is 66.2 Å². The van der Waals surface area contributed by atoms with Crippen LogP contribution in [0.3, 0.4) is 0 Å². The number of nitrogens with zero attached hydrogens (tertiary/aromatic N) is 3. The van der Waals surface area contributed by atoms with Crippen molar-refractivity contribution in [2.45, 2.75) is 38.8 Å². The molecule has 0 aromatic heterocycles. The van der Waals surface area contributed by atoms with Gasteiger partial charge in [-0.05, 0) is 103 Å². The Hall–Kier alpha value is -3.72. The number of allylic oxidation sites excluding steroid dienone is 5. The standard InChI is InChI=1S/C40H43N3O3S.Na/c1-6-42(28-31-11-8-10-30(3)26-31)37-22-16-34(17-23-37)40(33-14-20-36(21-15-33)41(4)5)35-18-24-38(25-19-35)43(7-2)29-32-12-9-13-39(27-32)47(44,45)46;/h8-27H,6-7,28-29H2,1-5H3;/q;+1. The number of anilines is 2. The topological polar surface area (TPSA) is 66.7 Å². The van der Waals surface area contributed by atoms with Gasteiger partial charge in [0.15, 0.2) is 5.71 Å². The van der Waals surface area contributed by atoms with E-state index in [1.165, 1.54) is 28.9 Å². The number of benzene rings is 4. The van der Waals surface area contributed by atoms with Crippen LogP contribution in [0.15, 0.2) is 132 Å². The average Bonchev–Trinajstić information content (AvgIpc) is 3.07. The van der Waals surface area contributed by atoms with Crippen molar-refractivity contribution in [1.82, 2.24) is 0 Å². The molecule has 0 aliphatic heterocycles. The van der Waals surface area contributed by atoms with Crippen LogP contribution >= 0.6 is 0 Å². The summed E-state index contributed by atoms with van der Waals surface area (Å²) in [7, 11) is -0.421. The first-order chi connectivity index (χ1) is 22.5. The predicted octanol–water partition coefficient (Wildman–Crippen LogP) is 4.60. The van der Waals surface area contributed by atoms with Crippen LogP contribution in [0.1, 0.15) is 41.7 Å². The monoisotopic (exact) mass is 668 g/mol. The van der Waals surface area contributed by atoms with Crippen molar-refractivity contribution in [2.24, 2.45) is 0 Å². The van der Waals surface area contributed by atoms with Gasteiger partial charge in [-0.25, -0.2) is 13.0 Å². The van der Waals surface area contributed by atoms with Crippen LogP contribution in [0, 0.1) is 6.92 Å². The smallest absolute Gasteiger partial charge is 0.744 e. The van der Waals surface area contributed by atoms with Gasteiger partial charge >= 0.3 is 29.6 Å². The molecule has 0 radical (unpaired) electrons. The molecule has 8 heteroatoms. The minimum absolute atomic E-state index is 0. The summed E-state index contributed by atoms with van der Waals surface area (Å²) in [6.45, 7) is 9.35. The van der Waals surface area contributed by atoms with Gasteiger partial charge in [-0.15, -0.1) is 0 Å². The Bertz CT molecular complexity index is 1940. The average molecular weight is 669 g/mol. The first-order valence-corrected chi connectivity index (χ1v) is 17.4. The van der Waals surface area contributed by atoms with Gasteiger partial charge in [0.25, 0.3) is 0 Å². The molecule has 4 aromatic carbocycles. The minimum atomic E-state index is -4.51. The quantitative estimate of drug-likeness (QED) is 0.133. The van der Waals surface area contributed by atoms with Gasteiger partial charge in [0.2, 0.25) is 0 Å². The molecular formula is C40H43N3NaO3S+. The van der Waals surface area contributed by atoms with Crippen molar-refractivity contribution in [3.8, 4) is 0 Å². The van der Waals surface area contributed by atoms with Crippen molar-refractivity contribution in [3.05, 3.63) is 155 Å². The maximum Gasteiger partial charge on any atom is 1.00 e. The van der Waals surface area contributed by atoms with Gasteiger partial charge < -0.3 is 14.4 Å². The third-order valence-electron chi connectivity index (χ3n) is 8.49. The molecule has 0 saturated carbocycles. The van der Waals surface area contributed by atoms with Crippen molar-refractivity contribution in [1.29, 1.82) is 0 Å². The number of hydrogen-bond acceptors (Lipinski definition) is 5. The Morgan fingerprint density at radius 2 is 1.17 bits per heavy atom. The Labute approximate surface area is 308 Å². The molecule has 0 bridgehead atoms. The first-order valence-electron chi connectivity index (χ1n) is 16.0. The number of hydrogen-bond donors (Lipinski definition) is 0. The fraction of sp³-hybridized carbons (Fsp3) is 0.225. The molecule has 5 rings (SSSR count). The Morgan fingerprint density at radius 3 is 1.60 bits per heavy atom. The van der Waals surface area contributed by atoms with Crippen molar-refractivity contribution >= 4 is 32.8 Å². The van der Waals surface area contributed by atoms with E-state index in [2.05, 4.69) is 132 Å². The van der Waals surface area contributed by atoms with E-state index < -0.39 is 10.1 Å². The predicted molar refractivity (Wildman–Crippen MR) is 193 cm³/mol. The van der Waals surface area contributed by atoms with E-state index in [-0.39, 0.29) is 34.5 Å². The minimum Gasteiger partial charge on any atom is -0.744 e. The molecule has 0 N–H and O–H groups in total. The zero-order valence-electron chi connectivity index (χ0n) is 28.9. The van der Waals surface area contributed by atoms with Crippen molar-refractivity contribution in [3.63, 3.8) is 0 Å². The fourth-order valence-electron chi connectivity index (χ4n) is 5.93. The van der Waals surface area contributed by atoms with E-state index in [9.17, 15) is 13.0 Å². The summed E-state index contributed by atoms with van der Waals surface area (Å²) < 4.78 is 36.8. The van der Waals surface area contributed by atoms with Gasteiger partial charge in [0, 0.05) is 49.7 Å².